The van der Waals surface area contributed by atoms with Gasteiger partial charge >= 0.3 is 5.97 Å². The summed E-state index contributed by atoms with van der Waals surface area (Å²) in [4.78, 5) is 11.4. The molecule has 1 aliphatic rings. The molecule has 2 atom stereocenters. The third kappa shape index (κ3) is 3.42. The van der Waals surface area contributed by atoms with Crippen molar-refractivity contribution in [3.63, 3.8) is 0 Å². The lowest BCUT2D eigenvalue weighted by atomic mass is 9.98. The molecule has 1 aromatic carbocycles. The van der Waals surface area contributed by atoms with Crippen molar-refractivity contribution in [1.29, 1.82) is 0 Å². The van der Waals surface area contributed by atoms with Crippen LogP contribution in [-0.4, -0.2) is 31.4 Å². The zero-order chi connectivity index (χ0) is 14.5. The number of aliphatic hydroxyl groups is 1. The fraction of sp³-hybridized carbons (Fsp3) is 0.533. The van der Waals surface area contributed by atoms with E-state index in [1.807, 2.05) is 0 Å². The Morgan fingerprint density at radius 1 is 1.35 bits per heavy atom. The van der Waals surface area contributed by atoms with E-state index >= 15 is 0 Å². The summed E-state index contributed by atoms with van der Waals surface area (Å²) in [5.41, 5.74) is 0.713. The average molecular weight is 280 g/mol. The Morgan fingerprint density at radius 3 is 2.75 bits per heavy atom. The molecule has 0 spiro atoms. The fourth-order valence-corrected chi connectivity index (χ4v) is 2.16. The highest BCUT2D eigenvalue weighted by Gasteiger charge is 2.20. The van der Waals surface area contributed by atoms with Gasteiger partial charge in [0, 0.05) is 6.42 Å². The molecule has 1 N–H and O–H groups in total. The van der Waals surface area contributed by atoms with Gasteiger partial charge in [-0.3, -0.25) is 4.79 Å². The van der Waals surface area contributed by atoms with Crippen molar-refractivity contribution in [3.8, 4) is 11.5 Å². The van der Waals surface area contributed by atoms with Crippen molar-refractivity contribution in [2.45, 2.75) is 25.9 Å². The van der Waals surface area contributed by atoms with E-state index in [1.54, 1.807) is 25.1 Å². The van der Waals surface area contributed by atoms with Gasteiger partial charge in [0.05, 0.1) is 32.3 Å². The molecule has 5 nitrogen and oxygen atoms in total. The third-order valence-electron chi connectivity index (χ3n) is 3.34. The summed E-state index contributed by atoms with van der Waals surface area (Å²) in [5, 5.41) is 10.2. The minimum Gasteiger partial charge on any atom is -0.490 e. The molecule has 2 rings (SSSR count). The Labute approximate surface area is 118 Å². The number of benzene rings is 1. The van der Waals surface area contributed by atoms with Crippen LogP contribution >= 0.6 is 0 Å². The zero-order valence-electron chi connectivity index (χ0n) is 11.8. The summed E-state index contributed by atoms with van der Waals surface area (Å²) in [6.07, 6.45) is 0.416. The molecule has 1 heterocycles. The van der Waals surface area contributed by atoms with Gasteiger partial charge in [0.25, 0.3) is 0 Å². The number of carbonyl (C=O) groups is 1. The molecule has 0 aromatic heterocycles. The lowest BCUT2D eigenvalue weighted by Gasteiger charge is -2.16. The zero-order valence-corrected chi connectivity index (χ0v) is 11.8. The number of esters is 1. The van der Waals surface area contributed by atoms with Crippen molar-refractivity contribution in [1.82, 2.24) is 0 Å². The third-order valence-corrected chi connectivity index (χ3v) is 3.34. The number of rotatable bonds is 4. The number of methoxy groups -OCH3 is 1. The maximum atomic E-state index is 11.4. The number of fused-ring (bicyclic) bond motifs is 1. The van der Waals surface area contributed by atoms with Crippen LogP contribution in [0.3, 0.4) is 0 Å². The SMILES string of the molecule is COC(=O)C(C)CC(O)c1ccc2c(c1)OCCCO2. The minimum absolute atomic E-state index is 0.312. The molecule has 0 aliphatic carbocycles. The quantitative estimate of drug-likeness (QED) is 0.855. The molecule has 0 fully saturated rings. The first-order valence-electron chi connectivity index (χ1n) is 6.77. The molecule has 0 bridgehead atoms. The molecular formula is C15H20O5. The standard InChI is InChI=1S/C15H20O5/c1-10(15(17)18-2)8-12(16)11-4-5-13-14(9-11)20-7-3-6-19-13/h4-5,9-10,12,16H,3,6-8H2,1-2H3. The van der Waals surface area contributed by atoms with Crippen LogP contribution in [-0.2, 0) is 9.53 Å². The van der Waals surface area contributed by atoms with E-state index in [0.717, 1.165) is 6.42 Å². The monoisotopic (exact) mass is 280 g/mol. The number of hydrogen-bond acceptors (Lipinski definition) is 5. The smallest absolute Gasteiger partial charge is 0.308 e. The molecule has 110 valence electrons. The second-order valence-corrected chi connectivity index (χ2v) is 4.93. The van der Waals surface area contributed by atoms with E-state index in [-0.39, 0.29) is 11.9 Å². The maximum Gasteiger partial charge on any atom is 0.308 e. The van der Waals surface area contributed by atoms with Crippen LogP contribution in [0.5, 0.6) is 11.5 Å². The van der Waals surface area contributed by atoms with Crippen molar-refractivity contribution >= 4 is 5.97 Å². The Kier molecular flexibility index (Phi) is 4.84. The van der Waals surface area contributed by atoms with Crippen LogP contribution in [0.1, 0.15) is 31.4 Å². The van der Waals surface area contributed by atoms with E-state index in [2.05, 4.69) is 4.74 Å². The van der Waals surface area contributed by atoms with Gasteiger partial charge in [-0.25, -0.2) is 0 Å². The van der Waals surface area contributed by atoms with Crippen LogP contribution in [0, 0.1) is 5.92 Å². The van der Waals surface area contributed by atoms with E-state index in [1.165, 1.54) is 7.11 Å². The molecule has 2 unspecified atom stereocenters. The van der Waals surface area contributed by atoms with Crippen molar-refractivity contribution in [2.24, 2.45) is 5.92 Å². The summed E-state index contributed by atoms with van der Waals surface area (Å²) in [5.74, 6) is 0.661. The number of ether oxygens (including phenoxy) is 3. The number of hydrogen-bond donors (Lipinski definition) is 1. The van der Waals surface area contributed by atoms with Gasteiger partial charge in [-0.1, -0.05) is 13.0 Å². The molecule has 20 heavy (non-hydrogen) atoms. The predicted molar refractivity (Wildman–Crippen MR) is 72.8 cm³/mol. The molecule has 0 saturated heterocycles. The fourth-order valence-electron chi connectivity index (χ4n) is 2.16. The highest BCUT2D eigenvalue weighted by molar-refractivity contribution is 5.71. The summed E-state index contributed by atoms with van der Waals surface area (Å²) in [6, 6.07) is 5.36. The van der Waals surface area contributed by atoms with Crippen molar-refractivity contribution in [3.05, 3.63) is 23.8 Å². The first kappa shape index (κ1) is 14.7. The molecule has 0 saturated carbocycles. The first-order valence-corrected chi connectivity index (χ1v) is 6.77. The summed E-state index contributed by atoms with van der Waals surface area (Å²) >= 11 is 0. The Balaban J connectivity index is 2.08. The molecule has 0 radical (unpaired) electrons. The minimum atomic E-state index is -0.735. The summed E-state index contributed by atoms with van der Waals surface area (Å²) < 4.78 is 15.8. The van der Waals surface area contributed by atoms with Crippen LogP contribution in [0.15, 0.2) is 18.2 Å². The highest BCUT2D eigenvalue weighted by atomic mass is 16.5. The van der Waals surface area contributed by atoms with E-state index < -0.39 is 6.10 Å². The van der Waals surface area contributed by atoms with Crippen LogP contribution in [0.4, 0.5) is 0 Å². The molecule has 1 aromatic rings. The number of carbonyl (C=O) groups excluding carboxylic acids is 1. The predicted octanol–water partition coefficient (Wildman–Crippen LogP) is 2.08. The molecule has 0 amide bonds. The van der Waals surface area contributed by atoms with Gasteiger partial charge < -0.3 is 19.3 Å². The Hall–Kier alpha value is -1.75. The van der Waals surface area contributed by atoms with Crippen molar-refractivity contribution < 1.29 is 24.1 Å². The van der Waals surface area contributed by atoms with Crippen LogP contribution < -0.4 is 9.47 Å². The van der Waals surface area contributed by atoms with Gasteiger partial charge in [-0.2, -0.15) is 0 Å². The van der Waals surface area contributed by atoms with Gasteiger partial charge in [0.2, 0.25) is 0 Å². The second kappa shape index (κ2) is 6.61. The second-order valence-electron chi connectivity index (χ2n) is 4.93. The van der Waals surface area contributed by atoms with Crippen LogP contribution in [0.2, 0.25) is 0 Å². The van der Waals surface area contributed by atoms with E-state index in [4.69, 9.17) is 9.47 Å². The van der Waals surface area contributed by atoms with E-state index in [0.29, 0.717) is 36.7 Å². The largest absolute Gasteiger partial charge is 0.490 e. The first-order chi connectivity index (χ1) is 9.61. The summed E-state index contributed by atoms with van der Waals surface area (Å²) in [6.45, 7) is 2.97. The highest BCUT2D eigenvalue weighted by Crippen LogP contribution is 2.33. The molecular weight excluding hydrogens is 260 g/mol. The van der Waals surface area contributed by atoms with Crippen molar-refractivity contribution in [2.75, 3.05) is 20.3 Å². The van der Waals surface area contributed by atoms with Crippen LogP contribution in [0.25, 0.3) is 0 Å². The summed E-state index contributed by atoms with van der Waals surface area (Å²) in [7, 11) is 1.35. The average Bonchev–Trinajstić information content (AvgIpc) is 2.70. The van der Waals surface area contributed by atoms with E-state index in [9.17, 15) is 9.90 Å². The van der Waals surface area contributed by atoms with Gasteiger partial charge in [-0.05, 0) is 24.1 Å². The molecule has 5 heteroatoms. The van der Waals surface area contributed by atoms with Gasteiger partial charge in [0.15, 0.2) is 11.5 Å². The Bertz CT molecular complexity index is 471. The molecule has 1 aliphatic heterocycles. The topological polar surface area (TPSA) is 65.0 Å². The Morgan fingerprint density at radius 2 is 2.05 bits per heavy atom. The maximum absolute atomic E-state index is 11.4. The number of aliphatic hydroxyl groups excluding tert-OH is 1. The lowest BCUT2D eigenvalue weighted by molar-refractivity contribution is -0.145. The van der Waals surface area contributed by atoms with Gasteiger partial charge in [-0.15, -0.1) is 0 Å². The normalized spacial score (nSPS) is 16.9. The van der Waals surface area contributed by atoms with Gasteiger partial charge in [0.1, 0.15) is 0 Å². The lowest BCUT2D eigenvalue weighted by Crippen LogP contribution is -2.16.